The molecule has 0 radical (unpaired) electrons. The summed E-state index contributed by atoms with van der Waals surface area (Å²) in [6, 6.07) is 0. The van der Waals surface area contributed by atoms with Gasteiger partial charge in [-0.3, -0.25) is 6.08 Å². The third-order valence-corrected chi connectivity index (χ3v) is 3.28. The molecule has 0 heterocycles. The Labute approximate surface area is 85.0 Å². The second kappa shape index (κ2) is 3.81. The molecule has 0 aliphatic heterocycles. The predicted octanol–water partition coefficient (Wildman–Crippen LogP) is 1.02. The van der Waals surface area contributed by atoms with Crippen LogP contribution in [-0.2, 0) is 25.8 Å². The zero-order valence-corrected chi connectivity index (χ0v) is 12.7. The standard InChI is InChI=1S/C8H13Si.Hf/c1-5-4-8(9)7(3)6(5)2;/h5H,1-3,9H3;/q-1;. The van der Waals surface area contributed by atoms with Gasteiger partial charge in [0.1, 0.15) is 0 Å². The maximum absolute atomic E-state index is 3.42. The molecule has 10 heavy (non-hydrogen) atoms. The second-order valence-electron chi connectivity index (χ2n) is 2.80. The largest absolute Gasteiger partial charge is 0.271 e. The molecule has 2 heteroatoms. The third kappa shape index (κ3) is 1.79. The molecular formula is C8H13HfSi-. The van der Waals surface area contributed by atoms with Gasteiger partial charge in [-0.1, -0.05) is 19.8 Å². The Bertz CT molecular complexity index is 191. The van der Waals surface area contributed by atoms with Gasteiger partial charge in [-0.2, -0.15) is 5.57 Å². The second-order valence-corrected chi connectivity index (χ2v) is 3.80. The number of hydrogen-bond donors (Lipinski definition) is 0. The van der Waals surface area contributed by atoms with Gasteiger partial charge in [0.15, 0.2) is 0 Å². The van der Waals surface area contributed by atoms with Crippen molar-refractivity contribution < 1.29 is 25.8 Å². The fraction of sp³-hybridized carbons (Fsp3) is 0.500. The Morgan fingerprint density at radius 1 is 1.40 bits per heavy atom. The van der Waals surface area contributed by atoms with E-state index >= 15 is 0 Å². The minimum Gasteiger partial charge on any atom is -0.271 e. The van der Waals surface area contributed by atoms with Gasteiger partial charge >= 0.3 is 0 Å². The summed E-state index contributed by atoms with van der Waals surface area (Å²) < 4.78 is 0. The van der Waals surface area contributed by atoms with Crippen LogP contribution in [0.25, 0.3) is 0 Å². The van der Waals surface area contributed by atoms with Gasteiger partial charge in [-0.15, -0.1) is 6.92 Å². The van der Waals surface area contributed by atoms with Crippen molar-refractivity contribution in [2.24, 2.45) is 5.92 Å². The van der Waals surface area contributed by atoms with Crippen molar-refractivity contribution in [2.75, 3.05) is 0 Å². The maximum atomic E-state index is 3.42. The van der Waals surface area contributed by atoms with E-state index in [1.54, 1.807) is 0 Å². The third-order valence-electron chi connectivity index (χ3n) is 2.24. The van der Waals surface area contributed by atoms with Crippen LogP contribution in [0.15, 0.2) is 16.3 Å². The van der Waals surface area contributed by atoms with Crippen molar-refractivity contribution in [3.8, 4) is 0 Å². The van der Waals surface area contributed by atoms with Crippen LogP contribution in [0.2, 0.25) is 0 Å². The SMILES string of the molecule is CC1=C(C)C(C)[C-]=C1[SiH3].[Hf]. The Kier molecular flexibility index (Phi) is 4.03. The van der Waals surface area contributed by atoms with Crippen molar-refractivity contribution in [3.63, 3.8) is 0 Å². The summed E-state index contributed by atoms with van der Waals surface area (Å²) in [6.45, 7) is 6.62. The summed E-state index contributed by atoms with van der Waals surface area (Å²) in [5.74, 6) is 0.595. The Morgan fingerprint density at radius 2 is 1.90 bits per heavy atom. The van der Waals surface area contributed by atoms with Crippen molar-refractivity contribution >= 4 is 10.2 Å². The average molecular weight is 316 g/mol. The molecule has 1 aliphatic carbocycles. The molecule has 1 atom stereocenters. The maximum Gasteiger partial charge on any atom is 0 e. The minimum atomic E-state index is 0. The summed E-state index contributed by atoms with van der Waals surface area (Å²) in [7, 11) is 1.16. The number of hydrogen-bond acceptors (Lipinski definition) is 0. The van der Waals surface area contributed by atoms with Gasteiger partial charge in [-0.25, -0.2) is 10.8 Å². The van der Waals surface area contributed by atoms with E-state index in [4.69, 9.17) is 0 Å². The Hall–Kier alpha value is 0.567. The average Bonchev–Trinajstić information content (AvgIpc) is 1.98. The van der Waals surface area contributed by atoms with Crippen molar-refractivity contribution in [1.82, 2.24) is 0 Å². The van der Waals surface area contributed by atoms with E-state index in [0.29, 0.717) is 5.92 Å². The molecule has 0 saturated heterocycles. The van der Waals surface area contributed by atoms with E-state index in [2.05, 4.69) is 26.8 Å². The van der Waals surface area contributed by atoms with E-state index < -0.39 is 0 Å². The van der Waals surface area contributed by atoms with E-state index in [0.717, 1.165) is 10.2 Å². The molecule has 0 bridgehead atoms. The van der Waals surface area contributed by atoms with Crippen LogP contribution in [0.4, 0.5) is 0 Å². The predicted molar refractivity (Wildman–Crippen MR) is 44.2 cm³/mol. The zero-order chi connectivity index (χ0) is 7.02. The molecular weight excluding hydrogens is 303 g/mol. The first kappa shape index (κ1) is 10.6. The molecule has 0 amide bonds. The van der Waals surface area contributed by atoms with Crippen LogP contribution in [0.3, 0.4) is 0 Å². The minimum absolute atomic E-state index is 0. The number of rotatable bonds is 0. The topological polar surface area (TPSA) is 0 Å². The van der Waals surface area contributed by atoms with Crippen molar-refractivity contribution in [1.29, 1.82) is 0 Å². The summed E-state index contributed by atoms with van der Waals surface area (Å²) in [6.07, 6.45) is 3.42. The molecule has 0 fully saturated rings. The molecule has 1 unspecified atom stereocenters. The fourth-order valence-corrected chi connectivity index (χ4v) is 1.99. The van der Waals surface area contributed by atoms with E-state index in [1.165, 1.54) is 16.3 Å². The van der Waals surface area contributed by atoms with Crippen molar-refractivity contribution in [2.45, 2.75) is 20.8 Å². The molecule has 1 rings (SSSR count). The zero-order valence-electron chi connectivity index (χ0n) is 7.08. The molecule has 0 aromatic carbocycles. The van der Waals surface area contributed by atoms with E-state index in [-0.39, 0.29) is 25.8 Å². The van der Waals surface area contributed by atoms with Crippen LogP contribution < -0.4 is 0 Å². The molecule has 54 valence electrons. The summed E-state index contributed by atoms with van der Waals surface area (Å²) >= 11 is 0. The normalized spacial score (nSPS) is 24.7. The van der Waals surface area contributed by atoms with Crippen LogP contribution >= 0.6 is 0 Å². The summed E-state index contributed by atoms with van der Waals surface area (Å²) in [5, 5.41) is 1.47. The molecule has 0 saturated carbocycles. The first-order valence-corrected chi connectivity index (χ1v) is 4.40. The first-order chi connectivity index (χ1) is 4.13. The monoisotopic (exact) mass is 317 g/mol. The Morgan fingerprint density at radius 3 is 2.00 bits per heavy atom. The molecule has 0 spiro atoms. The van der Waals surface area contributed by atoms with Gasteiger partial charge in [0, 0.05) is 25.8 Å². The van der Waals surface area contributed by atoms with Crippen molar-refractivity contribution in [3.05, 3.63) is 22.4 Å². The Balaban J connectivity index is 0.000000810. The molecule has 0 N–H and O–H groups in total. The van der Waals surface area contributed by atoms with Crippen LogP contribution in [-0.4, -0.2) is 10.2 Å². The molecule has 0 aromatic rings. The molecule has 0 nitrogen and oxygen atoms in total. The first-order valence-electron chi connectivity index (χ1n) is 3.40. The van der Waals surface area contributed by atoms with Crippen LogP contribution in [0, 0.1) is 12.0 Å². The quantitative estimate of drug-likeness (QED) is 0.462. The summed E-state index contributed by atoms with van der Waals surface area (Å²) in [4.78, 5) is 0. The smallest absolute Gasteiger partial charge is 0 e. The fourth-order valence-electron chi connectivity index (χ4n) is 1.16. The molecule has 1 aliphatic rings. The number of allylic oxidation sites excluding steroid dienone is 4. The van der Waals surface area contributed by atoms with E-state index in [9.17, 15) is 0 Å². The van der Waals surface area contributed by atoms with Crippen LogP contribution in [0.1, 0.15) is 20.8 Å². The van der Waals surface area contributed by atoms with E-state index in [1.807, 2.05) is 0 Å². The van der Waals surface area contributed by atoms with Gasteiger partial charge in [0.25, 0.3) is 0 Å². The summed E-state index contributed by atoms with van der Waals surface area (Å²) in [5.41, 5.74) is 3.01. The van der Waals surface area contributed by atoms with Gasteiger partial charge < -0.3 is 0 Å². The van der Waals surface area contributed by atoms with Crippen LogP contribution in [0.5, 0.6) is 0 Å². The van der Waals surface area contributed by atoms with Gasteiger partial charge in [0.2, 0.25) is 0 Å². The van der Waals surface area contributed by atoms with Gasteiger partial charge in [-0.05, 0) is 10.2 Å². The molecule has 0 aromatic heterocycles. The van der Waals surface area contributed by atoms with Gasteiger partial charge in [0.05, 0.1) is 0 Å².